The third kappa shape index (κ3) is 3.13. The minimum Gasteiger partial charge on any atom is -0.477 e. The quantitative estimate of drug-likeness (QED) is 0.635. The number of nitrogens with zero attached hydrogens (tertiary/aromatic N) is 1. The van der Waals surface area contributed by atoms with Gasteiger partial charge in [-0.1, -0.05) is 19.1 Å². The highest BCUT2D eigenvalue weighted by Crippen LogP contribution is 2.40. The predicted octanol–water partition coefficient (Wildman–Crippen LogP) is 3.62. The number of benzene rings is 1. The molecule has 1 aliphatic carbocycles. The Hall–Kier alpha value is -2.74. The summed E-state index contributed by atoms with van der Waals surface area (Å²) in [6.45, 7) is 1.96. The van der Waals surface area contributed by atoms with E-state index in [0.717, 1.165) is 17.8 Å². The molecule has 124 valence electrons. The first-order chi connectivity index (χ1) is 11.4. The summed E-state index contributed by atoms with van der Waals surface area (Å²) in [6, 6.07) is 7.51. The van der Waals surface area contributed by atoms with Crippen LogP contribution in [0.1, 0.15) is 23.0 Å². The lowest BCUT2D eigenvalue weighted by atomic mass is 10.1. The first-order valence-electron chi connectivity index (χ1n) is 7.29. The summed E-state index contributed by atoms with van der Waals surface area (Å²) in [7, 11) is 0. The molecule has 2 N–H and O–H groups in total. The zero-order valence-corrected chi connectivity index (χ0v) is 13.5. The molecule has 1 aliphatic rings. The van der Waals surface area contributed by atoms with E-state index in [0.29, 0.717) is 16.4 Å². The largest absolute Gasteiger partial charge is 0.477 e. The van der Waals surface area contributed by atoms with Gasteiger partial charge in [-0.3, -0.25) is 14.9 Å². The first-order valence-corrected chi connectivity index (χ1v) is 8.11. The summed E-state index contributed by atoms with van der Waals surface area (Å²) in [5.41, 5.74) is 0.699. The number of amides is 1. The zero-order chi connectivity index (χ0) is 17.4. The van der Waals surface area contributed by atoms with Gasteiger partial charge in [0.05, 0.1) is 10.6 Å². The van der Waals surface area contributed by atoms with Gasteiger partial charge >= 0.3 is 5.97 Å². The molecule has 0 saturated heterocycles. The summed E-state index contributed by atoms with van der Waals surface area (Å²) < 4.78 is 0. The van der Waals surface area contributed by atoms with E-state index >= 15 is 0 Å². The Morgan fingerprint density at radius 3 is 2.67 bits per heavy atom. The van der Waals surface area contributed by atoms with Gasteiger partial charge in [-0.2, -0.15) is 0 Å². The Balaban J connectivity index is 1.93. The van der Waals surface area contributed by atoms with Crippen molar-refractivity contribution in [2.45, 2.75) is 13.3 Å². The van der Waals surface area contributed by atoms with E-state index in [1.54, 1.807) is 12.1 Å². The normalized spacial score (nSPS) is 18.9. The van der Waals surface area contributed by atoms with Crippen LogP contribution in [-0.4, -0.2) is 21.9 Å². The van der Waals surface area contributed by atoms with Crippen LogP contribution in [0.4, 0.5) is 11.4 Å². The highest BCUT2D eigenvalue weighted by Gasteiger charge is 2.39. The van der Waals surface area contributed by atoms with Crippen LogP contribution in [0, 0.1) is 22.0 Å². The van der Waals surface area contributed by atoms with Crippen molar-refractivity contribution in [3.63, 3.8) is 0 Å². The minimum atomic E-state index is -1.14. The topological polar surface area (TPSA) is 110 Å². The molecule has 1 amide bonds. The number of carboxylic acid groups (broad SMARTS) is 1. The number of nitro groups is 1. The molecule has 1 heterocycles. The fraction of sp³-hybridized carbons (Fsp3) is 0.250. The van der Waals surface area contributed by atoms with Crippen LogP contribution in [0.25, 0.3) is 10.4 Å². The van der Waals surface area contributed by atoms with Crippen LogP contribution in [0.15, 0.2) is 30.3 Å². The lowest BCUT2D eigenvalue weighted by Crippen LogP contribution is -2.15. The number of carboxylic acids is 1. The lowest BCUT2D eigenvalue weighted by Gasteiger charge is -2.02. The zero-order valence-electron chi connectivity index (χ0n) is 12.7. The monoisotopic (exact) mass is 346 g/mol. The number of carbonyl (C=O) groups excluding carboxylic acids is 1. The number of nitrogens with one attached hydrogen (secondary N) is 1. The first kappa shape index (κ1) is 16.1. The molecule has 0 aliphatic heterocycles. The molecular weight excluding hydrogens is 332 g/mol. The van der Waals surface area contributed by atoms with Crippen molar-refractivity contribution in [3.05, 3.63) is 45.3 Å². The summed E-state index contributed by atoms with van der Waals surface area (Å²) in [4.78, 5) is 34.4. The minimum absolute atomic E-state index is 0.0122. The number of anilines is 1. The van der Waals surface area contributed by atoms with Crippen molar-refractivity contribution in [1.82, 2.24) is 0 Å². The average Bonchev–Trinajstić information content (AvgIpc) is 3.12. The Labute approximate surface area is 141 Å². The van der Waals surface area contributed by atoms with Gasteiger partial charge < -0.3 is 10.4 Å². The molecule has 1 fully saturated rings. The fourth-order valence-corrected chi connectivity index (χ4v) is 3.42. The Morgan fingerprint density at radius 2 is 2.08 bits per heavy atom. The smallest absolute Gasteiger partial charge is 0.348 e. The molecule has 0 spiro atoms. The highest BCUT2D eigenvalue weighted by atomic mass is 32.1. The third-order valence-electron chi connectivity index (χ3n) is 3.97. The maximum absolute atomic E-state index is 12.1. The number of hydrogen-bond acceptors (Lipinski definition) is 5. The second-order valence-corrected chi connectivity index (χ2v) is 6.83. The molecule has 2 aromatic rings. The highest BCUT2D eigenvalue weighted by molar-refractivity contribution is 7.18. The molecule has 0 bridgehead atoms. The average molecular weight is 346 g/mol. The maximum Gasteiger partial charge on any atom is 0.348 e. The number of nitro benzene ring substituents is 1. The van der Waals surface area contributed by atoms with Gasteiger partial charge in [0.25, 0.3) is 5.69 Å². The van der Waals surface area contributed by atoms with Gasteiger partial charge in [0, 0.05) is 22.9 Å². The molecule has 24 heavy (non-hydrogen) atoms. The van der Waals surface area contributed by atoms with E-state index in [2.05, 4.69) is 5.32 Å². The van der Waals surface area contributed by atoms with Gasteiger partial charge in [-0.25, -0.2) is 4.79 Å². The Morgan fingerprint density at radius 1 is 1.38 bits per heavy atom. The van der Waals surface area contributed by atoms with Gasteiger partial charge in [-0.15, -0.1) is 11.3 Å². The van der Waals surface area contributed by atoms with Crippen molar-refractivity contribution in [3.8, 4) is 10.4 Å². The van der Waals surface area contributed by atoms with Crippen molar-refractivity contribution in [1.29, 1.82) is 0 Å². The third-order valence-corrected chi connectivity index (χ3v) is 5.14. The van der Waals surface area contributed by atoms with Crippen LogP contribution in [-0.2, 0) is 4.79 Å². The summed E-state index contributed by atoms with van der Waals surface area (Å²) in [6.07, 6.45) is 0.802. The second kappa shape index (κ2) is 6.04. The number of non-ortho nitro benzene ring substituents is 1. The fourth-order valence-electron chi connectivity index (χ4n) is 2.47. The molecular formula is C16H14N2O5S. The van der Waals surface area contributed by atoms with Crippen LogP contribution in [0.2, 0.25) is 0 Å². The van der Waals surface area contributed by atoms with Gasteiger partial charge in [0.2, 0.25) is 5.91 Å². The molecule has 1 aromatic carbocycles. The number of aromatic carboxylic acids is 1. The number of carbonyl (C=O) groups is 2. The standard InChI is InChI=1S/C16H14N2O5S/c1-8-5-11(8)15(19)17-12-7-13(24-14(12)16(20)21)9-3-2-4-10(6-9)18(22)23/h2-4,6-8,11H,5H2,1H3,(H,17,19)(H,20,21)/t8-,11-/m0/s1. The van der Waals surface area contributed by atoms with E-state index in [1.807, 2.05) is 6.92 Å². The molecule has 2 atom stereocenters. The van der Waals surface area contributed by atoms with Gasteiger partial charge in [-0.05, 0) is 24.0 Å². The van der Waals surface area contributed by atoms with E-state index in [9.17, 15) is 24.8 Å². The molecule has 1 saturated carbocycles. The van der Waals surface area contributed by atoms with E-state index in [4.69, 9.17) is 0 Å². The molecule has 7 nitrogen and oxygen atoms in total. The van der Waals surface area contributed by atoms with Crippen molar-refractivity contribution in [2.75, 3.05) is 5.32 Å². The van der Waals surface area contributed by atoms with Crippen LogP contribution in [0.5, 0.6) is 0 Å². The molecule has 0 unspecified atom stereocenters. The number of rotatable bonds is 5. The predicted molar refractivity (Wildman–Crippen MR) is 89.3 cm³/mol. The van der Waals surface area contributed by atoms with Gasteiger partial charge in [0.1, 0.15) is 4.88 Å². The van der Waals surface area contributed by atoms with Crippen molar-refractivity contribution < 1.29 is 19.6 Å². The van der Waals surface area contributed by atoms with E-state index in [-0.39, 0.29) is 28.1 Å². The molecule has 3 rings (SSSR count). The molecule has 0 radical (unpaired) electrons. The van der Waals surface area contributed by atoms with Crippen LogP contribution in [0.3, 0.4) is 0 Å². The van der Waals surface area contributed by atoms with Crippen LogP contribution < -0.4 is 5.32 Å². The van der Waals surface area contributed by atoms with Crippen molar-refractivity contribution >= 4 is 34.6 Å². The maximum atomic E-state index is 12.1. The lowest BCUT2D eigenvalue weighted by molar-refractivity contribution is -0.384. The SMILES string of the molecule is C[C@H]1C[C@@H]1C(=O)Nc1cc(-c2cccc([N+](=O)[O-])c2)sc1C(=O)O. The second-order valence-electron chi connectivity index (χ2n) is 5.77. The van der Waals surface area contributed by atoms with E-state index < -0.39 is 10.9 Å². The molecule has 1 aromatic heterocycles. The van der Waals surface area contributed by atoms with Crippen LogP contribution >= 0.6 is 11.3 Å². The number of hydrogen-bond donors (Lipinski definition) is 2. The Bertz CT molecular complexity index is 845. The number of thiophene rings is 1. The summed E-state index contributed by atoms with van der Waals surface area (Å²) >= 11 is 0.979. The molecule has 8 heteroatoms. The summed E-state index contributed by atoms with van der Waals surface area (Å²) in [5, 5.41) is 22.9. The van der Waals surface area contributed by atoms with E-state index in [1.165, 1.54) is 18.2 Å². The van der Waals surface area contributed by atoms with Crippen molar-refractivity contribution in [2.24, 2.45) is 11.8 Å². The van der Waals surface area contributed by atoms with Gasteiger partial charge in [0.15, 0.2) is 0 Å². The summed E-state index contributed by atoms with van der Waals surface area (Å²) in [5.74, 6) is -1.09. The Kier molecular flexibility index (Phi) is 4.06.